The molecule has 0 spiro atoms. The fraction of sp³-hybridized carbons (Fsp3) is 0.120. The van der Waals surface area contributed by atoms with Crippen LogP contribution in [0.25, 0.3) is 0 Å². The summed E-state index contributed by atoms with van der Waals surface area (Å²) >= 11 is 1.27. The summed E-state index contributed by atoms with van der Waals surface area (Å²) in [6.45, 7) is 0. The number of carboxylic acids is 1. The molecule has 172 valence electrons. The largest absolute Gasteiger partial charge is 0.497 e. The van der Waals surface area contributed by atoms with Crippen molar-refractivity contribution in [3.8, 4) is 5.75 Å². The van der Waals surface area contributed by atoms with Crippen LogP contribution in [0.5, 0.6) is 5.75 Å². The number of benzene rings is 3. The number of aromatic carboxylic acids is 1. The van der Waals surface area contributed by atoms with Gasteiger partial charge >= 0.3 is 5.97 Å². The maximum atomic E-state index is 12.9. The predicted molar refractivity (Wildman–Crippen MR) is 128 cm³/mol. The molecular weight excluding hydrogens is 456 g/mol. The zero-order valence-corrected chi connectivity index (χ0v) is 18.9. The summed E-state index contributed by atoms with van der Waals surface area (Å²) in [7, 11) is 1.54. The molecule has 0 saturated carbocycles. The average Bonchev–Trinajstić information content (AvgIpc) is 3.12. The molecule has 3 amide bonds. The van der Waals surface area contributed by atoms with Gasteiger partial charge in [-0.15, -0.1) is 11.8 Å². The molecule has 3 aromatic carbocycles. The van der Waals surface area contributed by atoms with Crippen LogP contribution >= 0.6 is 11.8 Å². The van der Waals surface area contributed by atoms with Crippen LogP contribution in [0, 0.1) is 0 Å². The van der Waals surface area contributed by atoms with Gasteiger partial charge in [-0.3, -0.25) is 14.4 Å². The number of nitrogens with one attached hydrogen (secondary N) is 1. The summed E-state index contributed by atoms with van der Waals surface area (Å²) < 4.78 is 5.12. The Morgan fingerprint density at radius 3 is 2.24 bits per heavy atom. The lowest BCUT2D eigenvalue weighted by Crippen LogP contribution is -2.31. The summed E-state index contributed by atoms with van der Waals surface area (Å²) in [4.78, 5) is 51.2. The van der Waals surface area contributed by atoms with Crippen LogP contribution in [0.2, 0.25) is 0 Å². The minimum absolute atomic E-state index is 0.0575. The molecule has 3 aromatic rings. The van der Waals surface area contributed by atoms with Crippen molar-refractivity contribution in [1.29, 1.82) is 0 Å². The molecule has 1 saturated heterocycles. The second kappa shape index (κ2) is 9.80. The lowest BCUT2D eigenvalue weighted by atomic mass is 10.1. The third-order valence-electron chi connectivity index (χ3n) is 5.23. The summed E-state index contributed by atoms with van der Waals surface area (Å²) in [5.41, 5.74) is 0.946. The Kier molecular flexibility index (Phi) is 6.65. The fourth-order valence-electron chi connectivity index (χ4n) is 3.55. The van der Waals surface area contributed by atoms with E-state index >= 15 is 0 Å². The van der Waals surface area contributed by atoms with Crippen molar-refractivity contribution in [2.24, 2.45) is 0 Å². The minimum atomic E-state index is -1.18. The molecule has 1 unspecified atom stereocenters. The first kappa shape index (κ1) is 23.1. The average molecular weight is 477 g/mol. The van der Waals surface area contributed by atoms with E-state index in [1.807, 2.05) is 0 Å². The monoisotopic (exact) mass is 476 g/mol. The molecule has 4 rings (SSSR count). The number of nitrogens with zero attached hydrogens (tertiary/aromatic N) is 1. The smallest absolute Gasteiger partial charge is 0.336 e. The van der Waals surface area contributed by atoms with Crippen molar-refractivity contribution < 1.29 is 29.0 Å². The highest BCUT2D eigenvalue weighted by atomic mass is 32.2. The Hall–Kier alpha value is -4.11. The number of anilines is 2. The van der Waals surface area contributed by atoms with Crippen LogP contribution < -0.4 is 15.0 Å². The number of carbonyl (C=O) groups is 4. The van der Waals surface area contributed by atoms with E-state index in [9.17, 15) is 24.3 Å². The van der Waals surface area contributed by atoms with E-state index in [1.165, 1.54) is 28.8 Å². The number of rotatable bonds is 7. The molecule has 1 fully saturated rings. The predicted octanol–water partition coefficient (Wildman–Crippen LogP) is 4.07. The van der Waals surface area contributed by atoms with Crippen LogP contribution in [-0.2, 0) is 9.59 Å². The number of hydrogen-bond donors (Lipinski definition) is 2. The molecule has 1 aliphatic heterocycles. The van der Waals surface area contributed by atoms with Crippen LogP contribution in [-0.4, -0.2) is 41.2 Å². The normalized spacial score (nSPS) is 15.3. The van der Waals surface area contributed by atoms with Gasteiger partial charge in [0.25, 0.3) is 5.91 Å². The number of methoxy groups -OCH3 is 1. The van der Waals surface area contributed by atoms with E-state index in [0.717, 1.165) is 4.90 Å². The van der Waals surface area contributed by atoms with E-state index < -0.39 is 17.1 Å². The number of carboxylic acid groups (broad SMARTS) is 1. The topological polar surface area (TPSA) is 113 Å². The van der Waals surface area contributed by atoms with E-state index in [2.05, 4.69) is 5.32 Å². The molecular formula is C25H20N2O6S. The zero-order chi connectivity index (χ0) is 24.2. The Morgan fingerprint density at radius 2 is 1.62 bits per heavy atom. The molecule has 9 heteroatoms. The molecule has 1 atom stereocenters. The molecule has 1 aliphatic rings. The highest BCUT2D eigenvalue weighted by Crippen LogP contribution is 2.35. The summed E-state index contributed by atoms with van der Waals surface area (Å²) in [5, 5.41) is 11.4. The Labute approximate surface area is 199 Å². The fourth-order valence-corrected chi connectivity index (χ4v) is 4.60. The van der Waals surface area contributed by atoms with Crippen molar-refractivity contribution in [1.82, 2.24) is 0 Å². The maximum absolute atomic E-state index is 12.9. The second-order valence-electron chi connectivity index (χ2n) is 7.41. The quantitative estimate of drug-likeness (QED) is 0.494. The Balaban J connectivity index is 1.42. The highest BCUT2D eigenvalue weighted by molar-refractivity contribution is 8.00. The van der Waals surface area contributed by atoms with Crippen molar-refractivity contribution >= 4 is 46.8 Å². The van der Waals surface area contributed by atoms with E-state index in [0.29, 0.717) is 17.1 Å². The minimum Gasteiger partial charge on any atom is -0.497 e. The van der Waals surface area contributed by atoms with Crippen LogP contribution in [0.3, 0.4) is 0 Å². The number of amides is 3. The van der Waals surface area contributed by atoms with Gasteiger partial charge < -0.3 is 15.2 Å². The third-order valence-corrected chi connectivity index (χ3v) is 6.43. The van der Waals surface area contributed by atoms with E-state index in [4.69, 9.17) is 4.74 Å². The van der Waals surface area contributed by atoms with Crippen molar-refractivity contribution in [3.05, 3.63) is 83.9 Å². The molecule has 34 heavy (non-hydrogen) atoms. The van der Waals surface area contributed by atoms with Crippen molar-refractivity contribution in [2.75, 3.05) is 17.3 Å². The van der Waals surface area contributed by atoms with Gasteiger partial charge in [0.15, 0.2) is 0 Å². The third kappa shape index (κ3) is 4.79. The molecule has 0 aliphatic carbocycles. The molecule has 1 heterocycles. The number of imide groups is 1. The number of thioether (sulfide) groups is 1. The summed E-state index contributed by atoms with van der Waals surface area (Å²) in [5.74, 6) is -1.65. The summed E-state index contributed by atoms with van der Waals surface area (Å²) in [6, 6.07) is 19.5. The van der Waals surface area contributed by atoms with Gasteiger partial charge in [-0.2, -0.15) is 0 Å². The zero-order valence-electron chi connectivity index (χ0n) is 18.1. The van der Waals surface area contributed by atoms with Gasteiger partial charge in [0.1, 0.15) is 5.75 Å². The van der Waals surface area contributed by atoms with Gasteiger partial charge in [0.2, 0.25) is 11.8 Å². The molecule has 2 N–H and O–H groups in total. The second-order valence-corrected chi connectivity index (χ2v) is 8.68. The number of ether oxygens (including phenoxy) is 1. The van der Waals surface area contributed by atoms with Crippen LogP contribution in [0.4, 0.5) is 11.4 Å². The summed E-state index contributed by atoms with van der Waals surface area (Å²) in [6.07, 6.45) is 0.0833. The van der Waals surface area contributed by atoms with E-state index in [-0.39, 0.29) is 29.4 Å². The Bertz CT molecular complexity index is 1260. The molecule has 0 radical (unpaired) electrons. The molecule has 8 nitrogen and oxygen atoms in total. The van der Waals surface area contributed by atoms with Gasteiger partial charge in [0, 0.05) is 17.0 Å². The van der Waals surface area contributed by atoms with Crippen molar-refractivity contribution in [3.63, 3.8) is 0 Å². The maximum Gasteiger partial charge on any atom is 0.336 e. The van der Waals surface area contributed by atoms with Gasteiger partial charge in [-0.1, -0.05) is 12.1 Å². The molecule has 0 bridgehead atoms. The lowest BCUT2D eigenvalue weighted by molar-refractivity contribution is -0.121. The van der Waals surface area contributed by atoms with Gasteiger partial charge in [0.05, 0.1) is 29.2 Å². The highest BCUT2D eigenvalue weighted by Gasteiger charge is 2.40. The standard InChI is InChI=1S/C25H20N2O6S/c1-33-17-10-8-16(9-11-17)27-22(28)14-21(24(27)30)34-18-12-6-15(7-13-18)26-23(29)19-4-2-3-5-20(19)25(31)32/h2-13,21H,14H2,1H3,(H,26,29)(H,31,32). The van der Waals surface area contributed by atoms with Gasteiger partial charge in [-0.25, -0.2) is 9.69 Å². The first-order valence-corrected chi connectivity index (χ1v) is 11.2. The SMILES string of the molecule is COc1ccc(N2C(=O)CC(Sc3ccc(NC(=O)c4ccccc4C(=O)O)cc3)C2=O)cc1. The number of carbonyl (C=O) groups excluding carboxylic acids is 3. The molecule has 0 aromatic heterocycles. The lowest BCUT2D eigenvalue weighted by Gasteiger charge is -2.15. The van der Waals surface area contributed by atoms with Crippen molar-refractivity contribution in [2.45, 2.75) is 16.6 Å². The number of hydrogen-bond acceptors (Lipinski definition) is 6. The van der Waals surface area contributed by atoms with Crippen LogP contribution in [0.1, 0.15) is 27.1 Å². The first-order chi connectivity index (χ1) is 16.4. The van der Waals surface area contributed by atoms with Crippen LogP contribution in [0.15, 0.2) is 77.7 Å². The van der Waals surface area contributed by atoms with Gasteiger partial charge in [-0.05, 0) is 60.7 Å². The Morgan fingerprint density at radius 1 is 0.971 bits per heavy atom. The first-order valence-electron chi connectivity index (χ1n) is 10.3. The van der Waals surface area contributed by atoms with E-state index in [1.54, 1.807) is 67.8 Å².